The van der Waals surface area contributed by atoms with E-state index in [1.807, 2.05) is 6.08 Å². The molecule has 1 fully saturated rings. The number of halogens is 3. The van der Waals surface area contributed by atoms with Gasteiger partial charge in [0.2, 0.25) is 0 Å². The minimum absolute atomic E-state index is 0.297. The molecule has 1 atom stereocenters. The molecule has 2 aromatic rings. The molecule has 0 aliphatic carbocycles. The largest absolute Gasteiger partial charge is 0.341 e. The van der Waals surface area contributed by atoms with Gasteiger partial charge in [-0.15, -0.1) is 0 Å². The molecule has 0 aromatic heterocycles. The number of carbonyl (C=O) groups excluding carboxylic acids is 1. The number of carbonyl (C=O) groups is 1. The molecule has 2 amide bonds. The summed E-state index contributed by atoms with van der Waals surface area (Å²) in [7, 11) is 0. The van der Waals surface area contributed by atoms with Gasteiger partial charge in [-0.1, -0.05) is 18.2 Å². The summed E-state index contributed by atoms with van der Waals surface area (Å²) in [6.07, 6.45) is 3.89. The van der Waals surface area contributed by atoms with Crippen molar-refractivity contribution in [2.75, 3.05) is 13.1 Å². The van der Waals surface area contributed by atoms with Crippen molar-refractivity contribution in [2.24, 2.45) is 5.10 Å². The predicted octanol–water partition coefficient (Wildman–Crippen LogP) is 4.36. The third kappa shape index (κ3) is 3.58. The molecule has 0 spiro atoms. The highest BCUT2D eigenvalue weighted by Crippen LogP contribution is 2.32. The standard InChI is InChI=1S/C20H16F3N3O/c21-16-3-1-13(2-4-16)7-14-11-25(12-14)20(27)26-19(5-6-24-26)15-8-17(22)10-18(23)9-15/h1-4,6-10,19H,5,11-12H2/t19-/m0/s1. The van der Waals surface area contributed by atoms with Crippen LogP contribution in [0.2, 0.25) is 0 Å². The highest BCUT2D eigenvalue weighted by Gasteiger charge is 2.35. The van der Waals surface area contributed by atoms with Crippen molar-refractivity contribution < 1.29 is 18.0 Å². The second-order valence-electron chi connectivity index (χ2n) is 6.59. The van der Waals surface area contributed by atoms with Gasteiger partial charge in [-0.2, -0.15) is 5.10 Å². The topological polar surface area (TPSA) is 35.9 Å². The van der Waals surface area contributed by atoms with Crippen LogP contribution in [0.5, 0.6) is 0 Å². The SMILES string of the molecule is O=C(N1CC(=Cc2ccc(F)cc2)C1)N1N=CC[C@H]1c1cc(F)cc(F)c1. The van der Waals surface area contributed by atoms with Crippen LogP contribution in [-0.4, -0.2) is 35.2 Å². The Balaban J connectivity index is 1.44. The molecule has 2 aliphatic rings. The summed E-state index contributed by atoms with van der Waals surface area (Å²) in [5.41, 5.74) is 2.28. The molecule has 0 N–H and O–H groups in total. The van der Waals surface area contributed by atoms with E-state index in [0.717, 1.165) is 17.2 Å². The molecule has 27 heavy (non-hydrogen) atoms. The third-order valence-corrected chi connectivity index (χ3v) is 4.59. The first-order chi connectivity index (χ1) is 13.0. The number of rotatable bonds is 2. The van der Waals surface area contributed by atoms with Gasteiger partial charge in [-0.05, 0) is 41.0 Å². The van der Waals surface area contributed by atoms with E-state index in [2.05, 4.69) is 5.10 Å². The van der Waals surface area contributed by atoms with Crippen molar-refractivity contribution in [3.05, 3.63) is 76.6 Å². The molecule has 2 aliphatic heterocycles. The monoisotopic (exact) mass is 371 g/mol. The van der Waals surface area contributed by atoms with Crippen LogP contribution in [0.1, 0.15) is 23.6 Å². The van der Waals surface area contributed by atoms with E-state index in [0.29, 0.717) is 25.1 Å². The first-order valence-electron chi connectivity index (χ1n) is 8.51. The number of amides is 2. The lowest BCUT2D eigenvalue weighted by molar-refractivity contribution is 0.136. The van der Waals surface area contributed by atoms with E-state index >= 15 is 0 Å². The number of hydrogen-bond acceptors (Lipinski definition) is 2. The zero-order valence-corrected chi connectivity index (χ0v) is 14.3. The molecule has 2 heterocycles. The molecule has 0 radical (unpaired) electrons. The van der Waals surface area contributed by atoms with E-state index in [1.54, 1.807) is 23.2 Å². The molecule has 4 rings (SSSR count). The zero-order valence-electron chi connectivity index (χ0n) is 14.3. The fourth-order valence-corrected chi connectivity index (χ4v) is 3.25. The maximum atomic E-state index is 13.5. The molecular formula is C20H16F3N3O. The predicted molar refractivity (Wildman–Crippen MR) is 95.4 cm³/mol. The maximum Gasteiger partial charge on any atom is 0.341 e. The fourth-order valence-electron chi connectivity index (χ4n) is 3.25. The fraction of sp³-hybridized carbons (Fsp3) is 0.200. The Morgan fingerprint density at radius 1 is 1.00 bits per heavy atom. The van der Waals surface area contributed by atoms with Crippen LogP contribution in [0.15, 0.2) is 53.1 Å². The van der Waals surface area contributed by atoms with Gasteiger partial charge in [0.1, 0.15) is 17.5 Å². The Bertz CT molecular complexity index is 912. The lowest BCUT2D eigenvalue weighted by Gasteiger charge is -2.37. The zero-order chi connectivity index (χ0) is 19.0. The van der Waals surface area contributed by atoms with Gasteiger partial charge in [0.25, 0.3) is 0 Å². The summed E-state index contributed by atoms with van der Waals surface area (Å²) in [4.78, 5) is 14.3. The van der Waals surface area contributed by atoms with Crippen LogP contribution in [0.25, 0.3) is 6.08 Å². The van der Waals surface area contributed by atoms with Crippen molar-refractivity contribution >= 4 is 18.3 Å². The summed E-state index contributed by atoms with van der Waals surface area (Å²) in [5, 5.41) is 5.35. The van der Waals surface area contributed by atoms with Crippen molar-refractivity contribution in [1.29, 1.82) is 0 Å². The molecule has 4 nitrogen and oxygen atoms in total. The first-order valence-corrected chi connectivity index (χ1v) is 8.51. The van der Waals surface area contributed by atoms with Gasteiger partial charge in [0, 0.05) is 31.8 Å². The molecule has 2 aromatic carbocycles. The molecule has 0 unspecified atom stereocenters. The molecule has 0 saturated carbocycles. The summed E-state index contributed by atoms with van der Waals surface area (Å²) in [5.74, 6) is -1.66. The quantitative estimate of drug-likeness (QED) is 0.773. The number of hydrogen-bond donors (Lipinski definition) is 0. The molecule has 138 valence electrons. The van der Waals surface area contributed by atoms with Gasteiger partial charge in [-0.25, -0.2) is 23.0 Å². The lowest BCUT2D eigenvalue weighted by Crippen LogP contribution is -2.49. The average Bonchev–Trinajstić information content (AvgIpc) is 3.08. The van der Waals surface area contributed by atoms with Crippen LogP contribution in [0.3, 0.4) is 0 Å². The van der Waals surface area contributed by atoms with Gasteiger partial charge < -0.3 is 4.90 Å². The van der Waals surface area contributed by atoms with Crippen LogP contribution in [0.4, 0.5) is 18.0 Å². The van der Waals surface area contributed by atoms with Gasteiger partial charge in [-0.3, -0.25) is 0 Å². The average molecular weight is 371 g/mol. The molecule has 1 saturated heterocycles. The molecular weight excluding hydrogens is 355 g/mol. The summed E-state index contributed by atoms with van der Waals surface area (Å²) >= 11 is 0. The highest BCUT2D eigenvalue weighted by atomic mass is 19.1. The van der Waals surface area contributed by atoms with Crippen LogP contribution < -0.4 is 0 Å². The highest BCUT2D eigenvalue weighted by molar-refractivity contribution is 5.80. The van der Waals surface area contributed by atoms with Crippen molar-refractivity contribution in [3.63, 3.8) is 0 Å². The molecule has 7 heteroatoms. The number of urea groups is 1. The van der Waals surface area contributed by atoms with Crippen molar-refractivity contribution in [2.45, 2.75) is 12.5 Å². The number of hydrazone groups is 1. The normalized spacial score (nSPS) is 18.6. The van der Waals surface area contributed by atoms with Gasteiger partial charge in [0.15, 0.2) is 0 Å². The van der Waals surface area contributed by atoms with E-state index in [-0.39, 0.29) is 11.8 Å². The van der Waals surface area contributed by atoms with Crippen molar-refractivity contribution in [1.82, 2.24) is 9.91 Å². The summed E-state index contributed by atoms with van der Waals surface area (Å²) in [6, 6.07) is 8.52. The van der Waals surface area contributed by atoms with Gasteiger partial charge in [0.05, 0.1) is 6.04 Å². The Labute approximate surface area is 154 Å². The Morgan fingerprint density at radius 3 is 2.33 bits per heavy atom. The number of likely N-dealkylation sites (tertiary alicyclic amines) is 1. The smallest absolute Gasteiger partial charge is 0.315 e. The van der Waals surface area contributed by atoms with E-state index < -0.39 is 17.7 Å². The minimum Gasteiger partial charge on any atom is -0.315 e. The second-order valence-corrected chi connectivity index (χ2v) is 6.59. The maximum absolute atomic E-state index is 13.5. The first kappa shape index (κ1) is 17.3. The lowest BCUT2D eigenvalue weighted by atomic mass is 10.0. The van der Waals surface area contributed by atoms with E-state index in [4.69, 9.17) is 0 Å². The third-order valence-electron chi connectivity index (χ3n) is 4.59. The number of nitrogens with zero attached hydrogens (tertiary/aromatic N) is 3. The van der Waals surface area contributed by atoms with Crippen molar-refractivity contribution in [3.8, 4) is 0 Å². The Morgan fingerprint density at radius 2 is 1.67 bits per heavy atom. The van der Waals surface area contributed by atoms with Crippen LogP contribution in [0, 0.1) is 17.5 Å². The number of benzene rings is 2. The van der Waals surface area contributed by atoms with E-state index in [9.17, 15) is 18.0 Å². The summed E-state index contributed by atoms with van der Waals surface area (Å²) < 4.78 is 40.0. The molecule has 0 bridgehead atoms. The van der Waals surface area contributed by atoms with E-state index in [1.165, 1.54) is 29.3 Å². The Kier molecular flexibility index (Phi) is 4.43. The van der Waals surface area contributed by atoms with Crippen LogP contribution >= 0.6 is 0 Å². The Hall–Kier alpha value is -3.09. The second kappa shape index (κ2) is 6.90. The summed E-state index contributed by atoms with van der Waals surface area (Å²) in [6.45, 7) is 0.874. The van der Waals surface area contributed by atoms with Crippen LogP contribution in [-0.2, 0) is 0 Å². The minimum atomic E-state index is -0.683. The van der Waals surface area contributed by atoms with Gasteiger partial charge >= 0.3 is 6.03 Å².